The van der Waals surface area contributed by atoms with Gasteiger partial charge in [-0.1, -0.05) is 46.5 Å². The van der Waals surface area contributed by atoms with Gasteiger partial charge in [0.2, 0.25) is 0 Å². The minimum atomic E-state index is 0.705. The second-order valence-electron chi connectivity index (χ2n) is 5.82. The number of rotatable bonds is 9. The van der Waals surface area contributed by atoms with Crippen LogP contribution in [0.25, 0.3) is 0 Å². The normalized spacial score (nSPS) is 19.3. The summed E-state index contributed by atoms with van der Waals surface area (Å²) in [4.78, 5) is 2.74. The lowest BCUT2D eigenvalue weighted by molar-refractivity contribution is 0.145. The van der Waals surface area contributed by atoms with Gasteiger partial charge >= 0.3 is 0 Å². The van der Waals surface area contributed by atoms with Gasteiger partial charge in [0, 0.05) is 18.6 Å². The lowest BCUT2D eigenvalue weighted by Gasteiger charge is -2.36. The van der Waals surface area contributed by atoms with Gasteiger partial charge in [-0.25, -0.2) is 0 Å². The lowest BCUT2D eigenvalue weighted by Crippen LogP contribution is -2.46. The smallest absolute Gasteiger partial charge is 0.0195 e. The Morgan fingerprint density at radius 3 is 2.33 bits per heavy atom. The van der Waals surface area contributed by atoms with E-state index >= 15 is 0 Å². The fourth-order valence-electron chi connectivity index (χ4n) is 3.22. The van der Waals surface area contributed by atoms with Gasteiger partial charge in [-0.15, -0.1) is 0 Å². The Bertz CT molecular complexity index is 188. The molecule has 1 aliphatic carbocycles. The second kappa shape index (κ2) is 9.80. The van der Waals surface area contributed by atoms with E-state index in [2.05, 4.69) is 31.0 Å². The quantitative estimate of drug-likeness (QED) is 0.673. The minimum absolute atomic E-state index is 0.705. The zero-order chi connectivity index (χ0) is 13.2. The Morgan fingerprint density at radius 2 is 1.78 bits per heavy atom. The summed E-state index contributed by atoms with van der Waals surface area (Å²) in [6.07, 6.45) is 11.1. The molecule has 0 aromatic carbocycles. The summed E-state index contributed by atoms with van der Waals surface area (Å²) in [5.41, 5.74) is 0. The van der Waals surface area contributed by atoms with Gasteiger partial charge in [-0.05, 0) is 38.8 Å². The van der Waals surface area contributed by atoms with Gasteiger partial charge in [0.15, 0.2) is 0 Å². The SMILES string of the molecule is CCCNC(CCC)CN(CC)C1CCCCC1. The predicted molar refractivity (Wildman–Crippen MR) is 81.1 cm³/mol. The van der Waals surface area contributed by atoms with Crippen LogP contribution < -0.4 is 5.32 Å². The molecule has 1 atom stereocenters. The molecule has 1 saturated carbocycles. The van der Waals surface area contributed by atoms with Crippen molar-refractivity contribution in [1.82, 2.24) is 10.2 Å². The maximum absolute atomic E-state index is 3.73. The van der Waals surface area contributed by atoms with Crippen LogP contribution in [0.3, 0.4) is 0 Å². The maximum atomic E-state index is 3.73. The van der Waals surface area contributed by atoms with E-state index in [0.29, 0.717) is 6.04 Å². The second-order valence-corrected chi connectivity index (χ2v) is 5.82. The molecule has 0 saturated heterocycles. The molecule has 0 aromatic heterocycles. The van der Waals surface area contributed by atoms with Crippen molar-refractivity contribution in [1.29, 1.82) is 0 Å². The van der Waals surface area contributed by atoms with Gasteiger partial charge in [-0.3, -0.25) is 4.90 Å². The Balaban J connectivity index is 2.40. The Labute approximate surface area is 115 Å². The first-order chi connectivity index (χ1) is 8.81. The fourth-order valence-corrected chi connectivity index (χ4v) is 3.22. The third-order valence-corrected chi connectivity index (χ3v) is 4.27. The molecule has 0 amide bonds. The van der Waals surface area contributed by atoms with Crippen LogP contribution in [0.1, 0.15) is 72.1 Å². The van der Waals surface area contributed by atoms with Crippen molar-refractivity contribution in [2.45, 2.75) is 84.2 Å². The summed E-state index contributed by atoms with van der Waals surface area (Å²) < 4.78 is 0. The van der Waals surface area contributed by atoms with E-state index in [1.807, 2.05) is 0 Å². The van der Waals surface area contributed by atoms with E-state index in [-0.39, 0.29) is 0 Å². The van der Waals surface area contributed by atoms with Gasteiger partial charge < -0.3 is 5.32 Å². The molecule has 1 fully saturated rings. The fraction of sp³-hybridized carbons (Fsp3) is 1.00. The van der Waals surface area contributed by atoms with Gasteiger partial charge in [0.05, 0.1) is 0 Å². The molecular weight excluding hydrogens is 220 g/mol. The summed E-state index contributed by atoms with van der Waals surface area (Å²) in [5, 5.41) is 3.73. The molecule has 0 heterocycles. The van der Waals surface area contributed by atoms with Crippen LogP contribution in [-0.4, -0.2) is 36.6 Å². The van der Waals surface area contributed by atoms with E-state index in [4.69, 9.17) is 0 Å². The Kier molecular flexibility index (Phi) is 8.70. The summed E-state index contributed by atoms with van der Waals surface area (Å²) in [7, 11) is 0. The molecule has 18 heavy (non-hydrogen) atoms. The highest BCUT2D eigenvalue weighted by Gasteiger charge is 2.22. The van der Waals surface area contributed by atoms with Gasteiger partial charge in [0.1, 0.15) is 0 Å². The largest absolute Gasteiger partial charge is 0.313 e. The summed E-state index contributed by atoms with van der Waals surface area (Å²) in [6.45, 7) is 10.5. The van der Waals surface area contributed by atoms with Crippen molar-refractivity contribution in [2.24, 2.45) is 0 Å². The molecule has 0 spiro atoms. The number of nitrogens with one attached hydrogen (secondary N) is 1. The van der Waals surface area contributed by atoms with Gasteiger partial charge in [-0.2, -0.15) is 0 Å². The van der Waals surface area contributed by atoms with E-state index in [1.165, 1.54) is 71.0 Å². The Hall–Kier alpha value is -0.0800. The number of hydrogen-bond acceptors (Lipinski definition) is 2. The minimum Gasteiger partial charge on any atom is -0.313 e. The molecular formula is C16H34N2. The third kappa shape index (κ3) is 5.71. The molecule has 1 rings (SSSR count). The molecule has 0 aliphatic heterocycles. The first kappa shape index (κ1) is 16.0. The molecule has 1 N–H and O–H groups in total. The molecule has 0 bridgehead atoms. The van der Waals surface area contributed by atoms with Gasteiger partial charge in [0.25, 0.3) is 0 Å². The van der Waals surface area contributed by atoms with Crippen molar-refractivity contribution >= 4 is 0 Å². The number of likely N-dealkylation sites (N-methyl/N-ethyl adjacent to an activating group) is 1. The highest BCUT2D eigenvalue weighted by molar-refractivity contribution is 4.79. The third-order valence-electron chi connectivity index (χ3n) is 4.27. The maximum Gasteiger partial charge on any atom is 0.0195 e. The molecule has 2 heteroatoms. The topological polar surface area (TPSA) is 15.3 Å². The van der Waals surface area contributed by atoms with E-state index < -0.39 is 0 Å². The predicted octanol–water partition coefficient (Wildman–Crippen LogP) is 3.81. The van der Waals surface area contributed by atoms with E-state index in [0.717, 1.165) is 6.04 Å². The van der Waals surface area contributed by atoms with E-state index in [9.17, 15) is 0 Å². The number of nitrogens with zero attached hydrogens (tertiary/aromatic N) is 1. The first-order valence-corrected chi connectivity index (χ1v) is 8.29. The van der Waals surface area contributed by atoms with Crippen molar-refractivity contribution in [3.8, 4) is 0 Å². The van der Waals surface area contributed by atoms with Crippen molar-refractivity contribution in [3.63, 3.8) is 0 Å². The van der Waals surface area contributed by atoms with Crippen LogP contribution in [0, 0.1) is 0 Å². The highest BCUT2D eigenvalue weighted by atomic mass is 15.2. The van der Waals surface area contributed by atoms with Crippen molar-refractivity contribution in [3.05, 3.63) is 0 Å². The average Bonchev–Trinajstić information content (AvgIpc) is 2.43. The molecule has 0 aromatic rings. The average molecular weight is 254 g/mol. The lowest BCUT2D eigenvalue weighted by atomic mass is 9.93. The van der Waals surface area contributed by atoms with Crippen LogP contribution in [0.2, 0.25) is 0 Å². The van der Waals surface area contributed by atoms with Crippen LogP contribution in [-0.2, 0) is 0 Å². The van der Waals surface area contributed by atoms with E-state index in [1.54, 1.807) is 0 Å². The Morgan fingerprint density at radius 1 is 1.06 bits per heavy atom. The number of hydrogen-bond donors (Lipinski definition) is 1. The van der Waals surface area contributed by atoms with Crippen LogP contribution in [0.15, 0.2) is 0 Å². The van der Waals surface area contributed by atoms with Crippen LogP contribution >= 0.6 is 0 Å². The molecule has 1 aliphatic rings. The summed E-state index contributed by atoms with van der Waals surface area (Å²) in [6, 6.07) is 1.57. The highest BCUT2D eigenvalue weighted by Crippen LogP contribution is 2.22. The standard InChI is InChI=1S/C16H34N2/c1-4-10-15(17-13-5-2)14-18(6-3)16-11-8-7-9-12-16/h15-17H,4-14H2,1-3H3. The zero-order valence-electron chi connectivity index (χ0n) is 12.9. The monoisotopic (exact) mass is 254 g/mol. The van der Waals surface area contributed by atoms with Crippen LogP contribution in [0.5, 0.6) is 0 Å². The first-order valence-electron chi connectivity index (χ1n) is 8.29. The van der Waals surface area contributed by atoms with Crippen molar-refractivity contribution < 1.29 is 0 Å². The van der Waals surface area contributed by atoms with Crippen LogP contribution in [0.4, 0.5) is 0 Å². The zero-order valence-corrected chi connectivity index (χ0v) is 12.9. The molecule has 0 radical (unpaired) electrons. The summed E-state index contributed by atoms with van der Waals surface area (Å²) >= 11 is 0. The molecule has 2 nitrogen and oxygen atoms in total. The molecule has 108 valence electrons. The summed E-state index contributed by atoms with van der Waals surface area (Å²) in [5.74, 6) is 0. The van der Waals surface area contributed by atoms with Crippen molar-refractivity contribution in [2.75, 3.05) is 19.6 Å². The molecule has 1 unspecified atom stereocenters.